The van der Waals surface area contributed by atoms with E-state index >= 15 is 0 Å². The summed E-state index contributed by atoms with van der Waals surface area (Å²) in [6.45, 7) is 3.23. The fourth-order valence-corrected chi connectivity index (χ4v) is 3.66. The third-order valence-electron chi connectivity index (χ3n) is 4.80. The lowest BCUT2D eigenvalue weighted by atomic mass is 10.1. The molecular formula is C21H16BrFN4O3. The van der Waals surface area contributed by atoms with E-state index in [0.29, 0.717) is 21.7 Å². The van der Waals surface area contributed by atoms with Crippen LogP contribution in [-0.4, -0.2) is 38.4 Å². The molecule has 1 aromatic heterocycles. The van der Waals surface area contributed by atoms with Gasteiger partial charge in [-0.1, -0.05) is 15.9 Å². The van der Waals surface area contributed by atoms with Gasteiger partial charge >= 0.3 is 0 Å². The molecule has 7 nitrogen and oxygen atoms in total. The van der Waals surface area contributed by atoms with Crippen molar-refractivity contribution in [3.63, 3.8) is 0 Å². The van der Waals surface area contributed by atoms with Gasteiger partial charge in [0.25, 0.3) is 11.8 Å². The Kier molecular flexibility index (Phi) is 4.98. The fourth-order valence-electron chi connectivity index (χ4n) is 3.30. The number of imide groups is 1. The lowest BCUT2D eigenvalue weighted by Crippen LogP contribution is -2.45. The molecule has 3 aromatic rings. The van der Waals surface area contributed by atoms with Gasteiger partial charge in [-0.25, -0.2) is 9.07 Å². The summed E-state index contributed by atoms with van der Waals surface area (Å²) in [7, 11) is 0. The van der Waals surface area contributed by atoms with Crippen molar-refractivity contribution in [3.05, 3.63) is 75.6 Å². The van der Waals surface area contributed by atoms with E-state index in [1.807, 2.05) is 0 Å². The molecule has 30 heavy (non-hydrogen) atoms. The SMILES string of the molecule is Cc1cc(NC(=O)C(C)N2C(=O)c3ccc(Br)cc3C2=O)n(-c2ccc(F)cc2)n1. The summed E-state index contributed by atoms with van der Waals surface area (Å²) >= 11 is 3.28. The van der Waals surface area contributed by atoms with Crippen molar-refractivity contribution < 1.29 is 18.8 Å². The Hall–Kier alpha value is -3.33. The maximum absolute atomic E-state index is 13.2. The number of amides is 3. The lowest BCUT2D eigenvalue weighted by Gasteiger charge is -2.21. The van der Waals surface area contributed by atoms with Crippen LogP contribution in [0.4, 0.5) is 10.2 Å². The van der Waals surface area contributed by atoms with Crippen LogP contribution in [-0.2, 0) is 4.79 Å². The highest BCUT2D eigenvalue weighted by Gasteiger charge is 2.41. The molecule has 9 heteroatoms. The van der Waals surface area contributed by atoms with Crippen molar-refractivity contribution in [2.75, 3.05) is 5.32 Å². The molecule has 0 aliphatic carbocycles. The number of aromatic nitrogens is 2. The van der Waals surface area contributed by atoms with E-state index in [1.165, 1.54) is 35.9 Å². The molecule has 0 spiro atoms. The van der Waals surface area contributed by atoms with Crippen LogP contribution in [0.5, 0.6) is 0 Å². The summed E-state index contributed by atoms with van der Waals surface area (Å²) in [6, 6.07) is 11.0. The average Bonchev–Trinajstić information content (AvgIpc) is 3.19. The third-order valence-corrected chi connectivity index (χ3v) is 5.29. The van der Waals surface area contributed by atoms with E-state index < -0.39 is 23.8 Å². The highest BCUT2D eigenvalue weighted by molar-refractivity contribution is 9.10. The predicted molar refractivity (Wildman–Crippen MR) is 111 cm³/mol. The Morgan fingerprint density at radius 2 is 1.73 bits per heavy atom. The molecule has 0 saturated carbocycles. The standard InChI is InChI=1S/C21H16BrFN4O3/c1-11-9-18(27(25-11)15-6-4-14(23)5-7-15)24-19(28)12(2)26-20(29)16-8-3-13(22)10-17(16)21(26)30/h3-10,12H,1-2H3,(H,24,28). The monoisotopic (exact) mass is 470 g/mol. The second kappa shape index (κ2) is 7.49. The van der Waals surface area contributed by atoms with Gasteiger partial charge < -0.3 is 5.32 Å². The minimum absolute atomic E-state index is 0.251. The molecule has 1 atom stereocenters. The summed E-state index contributed by atoms with van der Waals surface area (Å²) in [5, 5.41) is 7.03. The number of carbonyl (C=O) groups is 3. The van der Waals surface area contributed by atoms with Crippen LogP contribution in [0.25, 0.3) is 5.69 Å². The van der Waals surface area contributed by atoms with Crippen molar-refractivity contribution in [1.29, 1.82) is 0 Å². The number of rotatable bonds is 4. The van der Waals surface area contributed by atoms with Gasteiger partial charge in [0, 0.05) is 10.5 Å². The van der Waals surface area contributed by atoms with E-state index in [-0.39, 0.29) is 16.9 Å². The molecule has 3 amide bonds. The Balaban J connectivity index is 1.59. The first-order chi connectivity index (χ1) is 14.3. The van der Waals surface area contributed by atoms with Crippen molar-refractivity contribution in [3.8, 4) is 5.69 Å². The van der Waals surface area contributed by atoms with Crippen LogP contribution in [0.1, 0.15) is 33.3 Å². The van der Waals surface area contributed by atoms with Crippen LogP contribution >= 0.6 is 15.9 Å². The summed E-state index contributed by atoms with van der Waals surface area (Å²) in [5.41, 5.74) is 1.70. The van der Waals surface area contributed by atoms with Crippen molar-refractivity contribution in [2.45, 2.75) is 19.9 Å². The van der Waals surface area contributed by atoms with Crippen LogP contribution < -0.4 is 5.32 Å². The Morgan fingerprint density at radius 3 is 2.43 bits per heavy atom. The number of nitrogens with one attached hydrogen (secondary N) is 1. The van der Waals surface area contributed by atoms with Crippen LogP contribution in [0.2, 0.25) is 0 Å². The Labute approximate surface area is 179 Å². The maximum atomic E-state index is 13.2. The normalized spacial score (nSPS) is 14.1. The highest BCUT2D eigenvalue weighted by Crippen LogP contribution is 2.28. The second-order valence-corrected chi connectivity index (χ2v) is 7.81. The second-order valence-electron chi connectivity index (χ2n) is 6.89. The van der Waals surface area contributed by atoms with Crippen LogP contribution in [0.15, 0.2) is 53.0 Å². The summed E-state index contributed by atoms with van der Waals surface area (Å²) in [5.74, 6) is -1.64. The summed E-state index contributed by atoms with van der Waals surface area (Å²) in [6.07, 6.45) is 0. The maximum Gasteiger partial charge on any atom is 0.262 e. The molecule has 1 aliphatic rings. The molecule has 0 bridgehead atoms. The van der Waals surface area contributed by atoms with E-state index in [0.717, 1.165) is 4.90 Å². The number of nitrogens with zero attached hydrogens (tertiary/aromatic N) is 3. The molecule has 1 N–H and O–H groups in total. The molecule has 0 saturated heterocycles. The predicted octanol–water partition coefficient (Wildman–Crippen LogP) is 3.71. The summed E-state index contributed by atoms with van der Waals surface area (Å²) < 4.78 is 15.4. The van der Waals surface area contributed by atoms with Gasteiger partial charge in [0.15, 0.2) is 0 Å². The molecule has 1 unspecified atom stereocenters. The molecule has 0 radical (unpaired) electrons. The van der Waals surface area contributed by atoms with Crippen molar-refractivity contribution in [1.82, 2.24) is 14.7 Å². The zero-order valence-corrected chi connectivity index (χ0v) is 17.6. The summed E-state index contributed by atoms with van der Waals surface area (Å²) in [4.78, 5) is 39.3. The molecule has 4 rings (SSSR count). The first kappa shape index (κ1) is 20.0. The van der Waals surface area contributed by atoms with Crippen LogP contribution in [0, 0.1) is 12.7 Å². The van der Waals surface area contributed by atoms with Gasteiger partial charge in [-0.2, -0.15) is 5.10 Å². The molecular weight excluding hydrogens is 455 g/mol. The number of hydrogen-bond donors (Lipinski definition) is 1. The smallest absolute Gasteiger partial charge is 0.262 e. The first-order valence-corrected chi connectivity index (χ1v) is 9.86. The Bertz CT molecular complexity index is 1190. The van der Waals surface area contributed by atoms with Gasteiger partial charge in [0.1, 0.15) is 17.7 Å². The van der Waals surface area contributed by atoms with E-state index in [1.54, 1.807) is 31.2 Å². The quantitative estimate of drug-likeness (QED) is 0.589. The molecule has 2 aromatic carbocycles. The van der Waals surface area contributed by atoms with Gasteiger partial charge in [-0.3, -0.25) is 19.3 Å². The van der Waals surface area contributed by atoms with Gasteiger partial charge in [-0.05, 0) is 56.3 Å². The zero-order chi connectivity index (χ0) is 21.6. The number of halogens is 2. The Morgan fingerprint density at radius 1 is 1.07 bits per heavy atom. The topological polar surface area (TPSA) is 84.3 Å². The van der Waals surface area contributed by atoms with Gasteiger partial charge in [0.05, 0.1) is 22.5 Å². The number of aryl methyl sites for hydroxylation is 1. The number of anilines is 1. The average molecular weight is 471 g/mol. The highest BCUT2D eigenvalue weighted by atomic mass is 79.9. The molecule has 0 fully saturated rings. The lowest BCUT2D eigenvalue weighted by molar-refractivity contribution is -0.119. The van der Waals surface area contributed by atoms with Gasteiger partial charge in [-0.15, -0.1) is 0 Å². The van der Waals surface area contributed by atoms with Gasteiger partial charge in [0.2, 0.25) is 5.91 Å². The fraction of sp³-hybridized carbons (Fsp3) is 0.143. The number of carbonyl (C=O) groups excluding carboxylic acids is 3. The van der Waals surface area contributed by atoms with E-state index in [4.69, 9.17) is 0 Å². The number of benzene rings is 2. The molecule has 2 heterocycles. The minimum atomic E-state index is -1.05. The van der Waals surface area contributed by atoms with Crippen molar-refractivity contribution >= 4 is 39.5 Å². The van der Waals surface area contributed by atoms with Crippen LogP contribution in [0.3, 0.4) is 0 Å². The van der Waals surface area contributed by atoms with Crippen molar-refractivity contribution in [2.24, 2.45) is 0 Å². The first-order valence-electron chi connectivity index (χ1n) is 9.07. The molecule has 1 aliphatic heterocycles. The number of fused-ring (bicyclic) bond motifs is 1. The van der Waals surface area contributed by atoms with E-state index in [9.17, 15) is 18.8 Å². The van der Waals surface area contributed by atoms with E-state index in [2.05, 4.69) is 26.3 Å². The zero-order valence-electron chi connectivity index (χ0n) is 16.0. The third kappa shape index (κ3) is 3.41. The molecule has 152 valence electrons. The largest absolute Gasteiger partial charge is 0.309 e. The minimum Gasteiger partial charge on any atom is -0.309 e. The number of hydrogen-bond acceptors (Lipinski definition) is 4.